The summed E-state index contributed by atoms with van der Waals surface area (Å²) in [5, 5.41) is 2.27. The van der Waals surface area contributed by atoms with Gasteiger partial charge in [-0.15, -0.1) is 0 Å². The number of hydrogen-bond donors (Lipinski definition) is 1. The van der Waals surface area contributed by atoms with Crippen LogP contribution in [0.3, 0.4) is 0 Å². The first-order valence-electron chi connectivity index (χ1n) is 7.89. The second-order valence-electron chi connectivity index (χ2n) is 6.22. The fourth-order valence-electron chi connectivity index (χ4n) is 2.33. The molecule has 23 heavy (non-hydrogen) atoms. The van der Waals surface area contributed by atoms with Gasteiger partial charge in [-0.3, -0.25) is 0 Å². The third-order valence-electron chi connectivity index (χ3n) is 4.51. The molecule has 0 aliphatic rings. The Hall–Kier alpha value is -1.56. The highest BCUT2D eigenvalue weighted by atomic mass is 32.2. The zero-order valence-corrected chi connectivity index (χ0v) is 15.4. The number of amides is 2. The van der Waals surface area contributed by atoms with E-state index in [1.165, 1.54) is 16.7 Å². The van der Waals surface area contributed by atoms with Crippen molar-refractivity contribution in [2.24, 2.45) is 0 Å². The number of urea groups is 1. The summed E-state index contributed by atoms with van der Waals surface area (Å²) in [6.45, 7) is 6.05. The minimum Gasteiger partial charge on any atom is -0.338 e. The first-order valence-corrected chi connectivity index (χ1v) is 9.84. The molecule has 0 aromatic heterocycles. The molecule has 2 amide bonds. The quantitative estimate of drug-likeness (QED) is 0.830. The van der Waals surface area contributed by atoms with Gasteiger partial charge in [-0.1, -0.05) is 37.3 Å². The molecule has 0 spiro atoms. The maximum absolute atomic E-state index is 12.2. The van der Waals surface area contributed by atoms with E-state index < -0.39 is 15.1 Å². The number of sulfone groups is 1. The Morgan fingerprint density at radius 1 is 1.17 bits per heavy atom. The zero-order chi connectivity index (χ0) is 17.6. The van der Waals surface area contributed by atoms with Crippen LogP contribution in [0, 0.1) is 0 Å². The van der Waals surface area contributed by atoms with Crippen LogP contribution in [0.4, 0.5) is 4.79 Å². The highest BCUT2D eigenvalue weighted by molar-refractivity contribution is 7.91. The van der Waals surface area contributed by atoms with Crippen LogP contribution in [0.1, 0.15) is 38.7 Å². The third-order valence-corrected chi connectivity index (χ3v) is 6.25. The van der Waals surface area contributed by atoms with E-state index >= 15 is 0 Å². The molecule has 0 heterocycles. The van der Waals surface area contributed by atoms with Crippen LogP contribution < -0.4 is 5.32 Å². The molecule has 0 saturated carbocycles. The summed E-state index contributed by atoms with van der Waals surface area (Å²) in [5.41, 5.74) is 1.24. The summed E-state index contributed by atoms with van der Waals surface area (Å²) in [5.74, 6) is 0.356. The van der Waals surface area contributed by atoms with Gasteiger partial charge in [0.2, 0.25) is 0 Å². The van der Waals surface area contributed by atoms with Crippen molar-refractivity contribution in [2.45, 2.75) is 44.4 Å². The van der Waals surface area contributed by atoms with Gasteiger partial charge < -0.3 is 10.2 Å². The summed E-state index contributed by atoms with van der Waals surface area (Å²) in [6, 6.07) is 9.53. The van der Waals surface area contributed by atoms with Crippen molar-refractivity contribution >= 4 is 15.9 Å². The van der Waals surface area contributed by atoms with Crippen LogP contribution in [0.25, 0.3) is 0 Å². The van der Waals surface area contributed by atoms with E-state index in [2.05, 4.69) is 24.4 Å². The highest BCUT2D eigenvalue weighted by Crippen LogP contribution is 2.17. The van der Waals surface area contributed by atoms with E-state index in [4.69, 9.17) is 0 Å². The van der Waals surface area contributed by atoms with E-state index in [1.54, 1.807) is 20.9 Å². The molecule has 0 aliphatic carbocycles. The van der Waals surface area contributed by atoms with E-state index in [0.29, 0.717) is 12.5 Å². The van der Waals surface area contributed by atoms with Crippen LogP contribution in [0.5, 0.6) is 0 Å². The van der Waals surface area contributed by atoms with E-state index in [-0.39, 0.29) is 12.1 Å². The second-order valence-corrected chi connectivity index (χ2v) is 8.62. The van der Waals surface area contributed by atoms with Crippen LogP contribution in [0.2, 0.25) is 0 Å². The molecule has 3 atom stereocenters. The Labute approximate surface area is 140 Å². The molecule has 0 aliphatic heterocycles. The van der Waals surface area contributed by atoms with Gasteiger partial charge in [0.25, 0.3) is 0 Å². The number of nitrogens with zero attached hydrogens (tertiary/aromatic N) is 1. The number of carbonyl (C=O) groups excluding carboxylic acids is 1. The Morgan fingerprint density at radius 3 is 2.26 bits per heavy atom. The lowest BCUT2D eigenvalue weighted by Crippen LogP contribution is -2.48. The summed E-state index contributed by atoms with van der Waals surface area (Å²) >= 11 is 0. The van der Waals surface area contributed by atoms with Gasteiger partial charge in [0.15, 0.2) is 9.84 Å². The molecule has 1 aromatic rings. The molecule has 0 bridgehead atoms. The van der Waals surface area contributed by atoms with Gasteiger partial charge in [-0.05, 0) is 31.7 Å². The predicted molar refractivity (Wildman–Crippen MR) is 94.4 cm³/mol. The lowest BCUT2D eigenvalue weighted by molar-refractivity contribution is 0.193. The molecule has 0 fully saturated rings. The Morgan fingerprint density at radius 2 is 1.74 bits per heavy atom. The first-order chi connectivity index (χ1) is 10.6. The molecule has 0 saturated heterocycles. The van der Waals surface area contributed by atoms with Crippen molar-refractivity contribution in [2.75, 3.05) is 19.8 Å². The van der Waals surface area contributed by atoms with Gasteiger partial charge in [-0.2, -0.15) is 0 Å². The smallest absolute Gasteiger partial charge is 0.317 e. The van der Waals surface area contributed by atoms with Crippen molar-refractivity contribution in [3.8, 4) is 0 Å². The molecule has 130 valence electrons. The van der Waals surface area contributed by atoms with Crippen LogP contribution in [-0.2, 0) is 9.84 Å². The van der Waals surface area contributed by atoms with Crippen molar-refractivity contribution in [1.82, 2.24) is 10.2 Å². The average molecular weight is 340 g/mol. The first kappa shape index (κ1) is 19.5. The Bertz CT molecular complexity index is 602. The fourth-order valence-corrected chi connectivity index (χ4v) is 3.22. The van der Waals surface area contributed by atoms with Gasteiger partial charge in [-0.25, -0.2) is 13.2 Å². The monoisotopic (exact) mass is 340 g/mol. The molecule has 3 unspecified atom stereocenters. The zero-order valence-electron chi connectivity index (χ0n) is 14.6. The fraction of sp³-hybridized carbons (Fsp3) is 0.588. The van der Waals surface area contributed by atoms with Gasteiger partial charge in [0.05, 0.1) is 5.25 Å². The van der Waals surface area contributed by atoms with E-state index in [9.17, 15) is 13.2 Å². The molecule has 0 radical (unpaired) electrons. The van der Waals surface area contributed by atoms with Crippen LogP contribution in [-0.4, -0.2) is 50.5 Å². The summed E-state index contributed by atoms with van der Waals surface area (Å²) < 4.78 is 23.2. The van der Waals surface area contributed by atoms with Crippen molar-refractivity contribution in [1.29, 1.82) is 0 Å². The number of rotatable bonds is 7. The second kappa shape index (κ2) is 8.34. The predicted octanol–water partition coefficient (Wildman–Crippen LogP) is 2.64. The van der Waals surface area contributed by atoms with E-state index in [0.717, 1.165) is 6.42 Å². The molecule has 1 aromatic carbocycles. The molecule has 1 N–H and O–H groups in total. The Kier molecular flexibility index (Phi) is 7.06. The average Bonchev–Trinajstić information content (AvgIpc) is 2.52. The highest BCUT2D eigenvalue weighted by Gasteiger charge is 2.27. The Balaban J connectivity index is 2.47. The van der Waals surface area contributed by atoms with E-state index in [1.807, 2.05) is 18.2 Å². The standard InChI is InChI=1S/C17H28N2O3S/c1-13(16-9-7-6-8-10-16)11-12-18-17(20)19(4)14(2)15(3)23(5,21)22/h6-10,13-15H,11-12H2,1-5H3,(H,18,20). The molecule has 6 heteroatoms. The maximum atomic E-state index is 12.2. The van der Waals surface area contributed by atoms with Crippen molar-refractivity contribution < 1.29 is 13.2 Å². The van der Waals surface area contributed by atoms with Gasteiger partial charge >= 0.3 is 6.03 Å². The van der Waals surface area contributed by atoms with Crippen LogP contribution in [0.15, 0.2) is 30.3 Å². The minimum atomic E-state index is -3.17. The summed E-state index contributed by atoms with van der Waals surface area (Å²) in [6.07, 6.45) is 2.03. The van der Waals surface area contributed by atoms with Crippen molar-refractivity contribution in [3.05, 3.63) is 35.9 Å². The topological polar surface area (TPSA) is 66.5 Å². The molecular weight excluding hydrogens is 312 g/mol. The maximum Gasteiger partial charge on any atom is 0.317 e. The number of nitrogens with one attached hydrogen (secondary N) is 1. The minimum absolute atomic E-state index is 0.242. The van der Waals surface area contributed by atoms with Gasteiger partial charge in [0.1, 0.15) is 0 Å². The van der Waals surface area contributed by atoms with Crippen molar-refractivity contribution in [3.63, 3.8) is 0 Å². The van der Waals surface area contributed by atoms with Gasteiger partial charge in [0, 0.05) is 25.9 Å². The molecular formula is C17H28N2O3S. The molecule has 1 rings (SSSR count). The number of hydrogen-bond acceptors (Lipinski definition) is 3. The lowest BCUT2D eigenvalue weighted by atomic mass is 9.98. The van der Waals surface area contributed by atoms with Crippen LogP contribution >= 0.6 is 0 Å². The number of benzene rings is 1. The summed E-state index contributed by atoms with van der Waals surface area (Å²) in [4.78, 5) is 13.6. The summed E-state index contributed by atoms with van der Waals surface area (Å²) in [7, 11) is -1.54. The normalized spacial score (nSPS) is 15.5. The lowest BCUT2D eigenvalue weighted by Gasteiger charge is -2.29. The third kappa shape index (κ3) is 5.86. The number of carbonyl (C=O) groups is 1. The molecule has 5 nitrogen and oxygen atoms in total. The SMILES string of the molecule is CC(CCNC(=O)N(C)C(C)C(C)S(C)(=O)=O)c1ccccc1. The largest absolute Gasteiger partial charge is 0.338 e.